The summed E-state index contributed by atoms with van der Waals surface area (Å²) in [6.45, 7) is 5.22. The van der Waals surface area contributed by atoms with Crippen LogP contribution in [0.25, 0.3) is 0 Å². The van der Waals surface area contributed by atoms with E-state index in [2.05, 4.69) is 5.10 Å². The van der Waals surface area contributed by atoms with Crippen LogP contribution in [-0.4, -0.2) is 16.1 Å². The normalized spacial score (nSPS) is 10.3. The maximum atomic E-state index is 10.9. The van der Waals surface area contributed by atoms with E-state index in [1.54, 1.807) is 12.3 Å². The van der Waals surface area contributed by atoms with Crippen molar-refractivity contribution in [3.8, 4) is 5.75 Å². The molecule has 0 aliphatic rings. The van der Waals surface area contributed by atoms with Gasteiger partial charge < -0.3 is 4.74 Å². The van der Waals surface area contributed by atoms with Gasteiger partial charge in [0.1, 0.15) is 12.4 Å². The highest BCUT2D eigenvalue weighted by Gasteiger charge is 2.07. The summed E-state index contributed by atoms with van der Waals surface area (Å²) in [5.74, 6) is 0.650. The Labute approximate surface area is 106 Å². The van der Waals surface area contributed by atoms with Crippen LogP contribution >= 0.6 is 0 Å². The average molecular weight is 244 g/mol. The highest BCUT2D eigenvalue weighted by atomic mass is 16.5. The van der Waals surface area contributed by atoms with Gasteiger partial charge in [0.05, 0.1) is 11.8 Å². The van der Waals surface area contributed by atoms with Crippen LogP contribution in [0.2, 0.25) is 0 Å². The molecular formula is C14H16N2O2. The first-order valence-electron chi connectivity index (χ1n) is 5.93. The lowest BCUT2D eigenvalue weighted by atomic mass is 10.1. The second kappa shape index (κ2) is 5.49. The van der Waals surface area contributed by atoms with Gasteiger partial charge in [0.25, 0.3) is 0 Å². The predicted octanol–water partition coefficient (Wildman–Crippen LogP) is 2.60. The third-order valence-electron chi connectivity index (χ3n) is 2.76. The summed E-state index contributed by atoms with van der Waals surface area (Å²) in [6.07, 6.45) is 4.54. The van der Waals surface area contributed by atoms with E-state index in [0.717, 1.165) is 24.0 Å². The molecule has 4 nitrogen and oxygen atoms in total. The van der Waals surface area contributed by atoms with Gasteiger partial charge >= 0.3 is 0 Å². The SMILES string of the molecule is CCn1cc(COc2c(C)cccc2C=O)cn1. The maximum Gasteiger partial charge on any atom is 0.153 e. The van der Waals surface area contributed by atoms with Crippen LogP contribution in [0.1, 0.15) is 28.4 Å². The summed E-state index contributed by atoms with van der Waals surface area (Å²) in [6, 6.07) is 5.53. The third kappa shape index (κ3) is 2.59. The molecule has 0 N–H and O–H groups in total. The zero-order valence-electron chi connectivity index (χ0n) is 10.6. The third-order valence-corrected chi connectivity index (χ3v) is 2.76. The molecule has 0 amide bonds. The second-order valence-electron chi connectivity index (χ2n) is 4.10. The lowest BCUT2D eigenvalue weighted by Crippen LogP contribution is -1.99. The Kier molecular flexibility index (Phi) is 3.77. The summed E-state index contributed by atoms with van der Waals surface area (Å²) >= 11 is 0. The molecule has 0 atom stereocenters. The molecule has 1 aromatic heterocycles. The van der Waals surface area contributed by atoms with Gasteiger partial charge in [0.2, 0.25) is 0 Å². The highest BCUT2D eigenvalue weighted by Crippen LogP contribution is 2.22. The number of para-hydroxylation sites is 1. The number of rotatable bonds is 5. The van der Waals surface area contributed by atoms with Gasteiger partial charge in [-0.3, -0.25) is 9.48 Å². The van der Waals surface area contributed by atoms with Crippen molar-refractivity contribution >= 4 is 6.29 Å². The van der Waals surface area contributed by atoms with Crippen LogP contribution in [-0.2, 0) is 13.2 Å². The summed E-state index contributed by atoms with van der Waals surface area (Å²) in [5, 5.41) is 4.18. The van der Waals surface area contributed by atoms with E-state index >= 15 is 0 Å². The Morgan fingerprint density at radius 2 is 2.28 bits per heavy atom. The Balaban J connectivity index is 2.12. The van der Waals surface area contributed by atoms with Crippen molar-refractivity contribution in [2.45, 2.75) is 27.0 Å². The number of hydrogen-bond donors (Lipinski definition) is 0. The molecule has 0 saturated heterocycles. The monoisotopic (exact) mass is 244 g/mol. The number of benzene rings is 1. The predicted molar refractivity (Wildman–Crippen MR) is 68.8 cm³/mol. The lowest BCUT2D eigenvalue weighted by Gasteiger charge is -2.10. The standard InChI is InChI=1S/C14H16N2O2/c1-3-16-8-12(7-15-16)10-18-14-11(2)5-4-6-13(14)9-17/h4-9H,3,10H2,1-2H3. The molecule has 4 heteroatoms. The van der Waals surface area contributed by atoms with Gasteiger partial charge in [0, 0.05) is 18.3 Å². The smallest absolute Gasteiger partial charge is 0.153 e. The molecule has 0 unspecified atom stereocenters. The molecule has 0 radical (unpaired) electrons. The molecule has 0 fully saturated rings. The van der Waals surface area contributed by atoms with Crippen LogP contribution in [0.15, 0.2) is 30.6 Å². The van der Waals surface area contributed by atoms with Crippen molar-refractivity contribution in [2.24, 2.45) is 0 Å². The summed E-state index contributed by atoms with van der Waals surface area (Å²) in [4.78, 5) is 10.9. The average Bonchev–Trinajstić information content (AvgIpc) is 2.85. The van der Waals surface area contributed by atoms with E-state index in [9.17, 15) is 4.79 Å². The van der Waals surface area contributed by atoms with Gasteiger partial charge in [-0.1, -0.05) is 12.1 Å². The number of nitrogens with zero attached hydrogens (tertiary/aromatic N) is 2. The van der Waals surface area contributed by atoms with Crippen molar-refractivity contribution in [2.75, 3.05) is 0 Å². The van der Waals surface area contributed by atoms with Gasteiger partial charge in [0.15, 0.2) is 6.29 Å². The topological polar surface area (TPSA) is 44.1 Å². The summed E-state index contributed by atoms with van der Waals surface area (Å²) in [5.41, 5.74) is 2.54. The van der Waals surface area contributed by atoms with Crippen LogP contribution < -0.4 is 4.74 Å². The minimum atomic E-state index is 0.422. The molecule has 0 aliphatic carbocycles. The molecule has 0 aliphatic heterocycles. The van der Waals surface area contributed by atoms with E-state index in [0.29, 0.717) is 17.9 Å². The summed E-state index contributed by atoms with van der Waals surface area (Å²) in [7, 11) is 0. The van der Waals surface area contributed by atoms with E-state index in [-0.39, 0.29) is 0 Å². The molecule has 94 valence electrons. The number of aldehydes is 1. The largest absolute Gasteiger partial charge is 0.488 e. The Hall–Kier alpha value is -2.10. The second-order valence-corrected chi connectivity index (χ2v) is 4.10. The molecule has 1 heterocycles. The zero-order valence-corrected chi connectivity index (χ0v) is 10.6. The van der Waals surface area contributed by atoms with Gasteiger partial charge in [-0.05, 0) is 25.5 Å². The van der Waals surface area contributed by atoms with Crippen LogP contribution in [0, 0.1) is 6.92 Å². The number of carbonyl (C=O) groups excluding carboxylic acids is 1. The Morgan fingerprint density at radius 1 is 1.44 bits per heavy atom. The molecule has 18 heavy (non-hydrogen) atoms. The molecule has 2 aromatic rings. The van der Waals surface area contributed by atoms with Gasteiger partial charge in [-0.2, -0.15) is 5.10 Å². The van der Waals surface area contributed by atoms with Crippen LogP contribution in [0.3, 0.4) is 0 Å². The molecule has 1 aromatic carbocycles. The van der Waals surface area contributed by atoms with Crippen molar-refractivity contribution < 1.29 is 9.53 Å². The maximum absolute atomic E-state index is 10.9. The minimum absolute atomic E-state index is 0.422. The summed E-state index contributed by atoms with van der Waals surface area (Å²) < 4.78 is 7.56. The van der Waals surface area contributed by atoms with E-state index < -0.39 is 0 Å². The van der Waals surface area contributed by atoms with Crippen molar-refractivity contribution in [3.05, 3.63) is 47.3 Å². The molecule has 0 bridgehead atoms. The van der Waals surface area contributed by atoms with E-state index in [1.165, 1.54) is 0 Å². The van der Waals surface area contributed by atoms with Crippen LogP contribution in [0.5, 0.6) is 5.75 Å². The van der Waals surface area contributed by atoms with Crippen molar-refractivity contribution in [3.63, 3.8) is 0 Å². The fourth-order valence-corrected chi connectivity index (χ4v) is 1.77. The van der Waals surface area contributed by atoms with E-state index in [4.69, 9.17) is 4.74 Å². The number of hydrogen-bond acceptors (Lipinski definition) is 3. The fourth-order valence-electron chi connectivity index (χ4n) is 1.77. The van der Waals surface area contributed by atoms with Crippen LogP contribution in [0.4, 0.5) is 0 Å². The first kappa shape index (κ1) is 12.4. The Morgan fingerprint density at radius 3 is 2.94 bits per heavy atom. The number of aromatic nitrogens is 2. The lowest BCUT2D eigenvalue weighted by molar-refractivity contribution is 0.111. The molecule has 2 rings (SSSR count). The number of aryl methyl sites for hydroxylation is 2. The Bertz CT molecular complexity index is 546. The van der Waals surface area contributed by atoms with Gasteiger partial charge in [-0.25, -0.2) is 0 Å². The first-order chi connectivity index (χ1) is 8.74. The van der Waals surface area contributed by atoms with Crippen molar-refractivity contribution in [1.82, 2.24) is 9.78 Å². The minimum Gasteiger partial charge on any atom is -0.488 e. The number of carbonyl (C=O) groups is 1. The van der Waals surface area contributed by atoms with Crippen molar-refractivity contribution in [1.29, 1.82) is 0 Å². The fraction of sp³-hybridized carbons (Fsp3) is 0.286. The molecular weight excluding hydrogens is 228 g/mol. The van der Waals surface area contributed by atoms with E-state index in [1.807, 2.05) is 36.9 Å². The van der Waals surface area contributed by atoms with Gasteiger partial charge in [-0.15, -0.1) is 0 Å². The number of ether oxygens (including phenoxy) is 1. The molecule has 0 saturated carbocycles. The quantitative estimate of drug-likeness (QED) is 0.759. The zero-order chi connectivity index (χ0) is 13.0. The highest BCUT2D eigenvalue weighted by molar-refractivity contribution is 5.80. The molecule has 0 spiro atoms. The first-order valence-corrected chi connectivity index (χ1v) is 5.93.